The Kier molecular flexibility index (Phi) is 6.12. The van der Waals surface area contributed by atoms with Crippen molar-refractivity contribution in [2.45, 2.75) is 13.0 Å². The number of carbonyl (C=O) groups is 1. The highest BCUT2D eigenvalue weighted by Gasteiger charge is 2.13. The number of nitrogens with zero attached hydrogens (tertiary/aromatic N) is 2. The van der Waals surface area contributed by atoms with Crippen LogP contribution in [0.2, 0.25) is 0 Å². The van der Waals surface area contributed by atoms with Crippen molar-refractivity contribution in [3.8, 4) is 17.0 Å². The zero-order valence-electron chi connectivity index (χ0n) is 17.3. The fourth-order valence-corrected chi connectivity index (χ4v) is 3.29. The van der Waals surface area contributed by atoms with Crippen LogP contribution in [0.3, 0.4) is 0 Å². The highest BCUT2D eigenvalue weighted by atomic mass is 19.1. The number of aromatic hydroxyl groups is 1. The molecule has 0 radical (unpaired) electrons. The molecule has 162 valence electrons. The van der Waals surface area contributed by atoms with E-state index in [1.165, 1.54) is 24.3 Å². The summed E-state index contributed by atoms with van der Waals surface area (Å²) in [4.78, 5) is 12.2. The van der Waals surface area contributed by atoms with Gasteiger partial charge in [-0.1, -0.05) is 24.3 Å². The number of phenolic OH excluding ortho intramolecular Hbond substituents is 1. The lowest BCUT2D eigenvalue weighted by Crippen LogP contribution is -2.40. The van der Waals surface area contributed by atoms with Crippen LogP contribution in [-0.2, 0) is 0 Å². The molecule has 4 aromatic rings. The van der Waals surface area contributed by atoms with E-state index in [0.29, 0.717) is 23.7 Å². The lowest BCUT2D eigenvalue weighted by atomic mass is 10.0. The lowest BCUT2D eigenvalue weighted by Gasteiger charge is -2.17. The highest BCUT2D eigenvalue weighted by Crippen LogP contribution is 2.29. The Balaban J connectivity index is 1.44. The van der Waals surface area contributed by atoms with E-state index in [1.807, 2.05) is 31.2 Å². The normalized spacial score (nSPS) is 11.7. The maximum atomic E-state index is 13.3. The minimum atomic E-state index is -0.354. The van der Waals surface area contributed by atoms with E-state index in [0.717, 1.165) is 16.3 Å². The minimum Gasteiger partial charge on any atom is -0.508 e. The molecule has 4 N–H and O–H groups in total. The van der Waals surface area contributed by atoms with Gasteiger partial charge in [0.25, 0.3) is 0 Å². The van der Waals surface area contributed by atoms with Crippen LogP contribution in [0.15, 0.2) is 72.8 Å². The Hall–Kier alpha value is -4.20. The van der Waals surface area contributed by atoms with Crippen molar-refractivity contribution in [2.24, 2.45) is 0 Å². The largest absolute Gasteiger partial charge is 0.508 e. The number of rotatable bonds is 6. The monoisotopic (exact) mass is 431 g/mol. The van der Waals surface area contributed by atoms with Gasteiger partial charge in [-0.05, 0) is 55.5 Å². The SMILES string of the molecule is C[C@@H](CNc1nnc(-c2ccc(F)cc2)c2ccccc12)NC(=O)Nc1ccc(O)cc1. The number of phenols is 1. The average molecular weight is 431 g/mol. The predicted molar refractivity (Wildman–Crippen MR) is 123 cm³/mol. The van der Waals surface area contributed by atoms with Gasteiger partial charge in [0.05, 0.1) is 0 Å². The molecule has 8 heteroatoms. The van der Waals surface area contributed by atoms with Crippen LogP contribution in [0.4, 0.5) is 20.7 Å². The number of amides is 2. The lowest BCUT2D eigenvalue weighted by molar-refractivity contribution is 0.249. The molecule has 4 rings (SSSR count). The number of carbonyl (C=O) groups excluding carboxylic acids is 1. The molecule has 32 heavy (non-hydrogen) atoms. The van der Waals surface area contributed by atoms with Gasteiger partial charge in [-0.3, -0.25) is 0 Å². The number of benzene rings is 3. The molecule has 0 saturated carbocycles. The summed E-state index contributed by atoms with van der Waals surface area (Å²) >= 11 is 0. The van der Waals surface area contributed by atoms with Gasteiger partial charge in [0, 0.05) is 34.6 Å². The average Bonchev–Trinajstić information content (AvgIpc) is 2.79. The number of nitrogens with one attached hydrogen (secondary N) is 3. The summed E-state index contributed by atoms with van der Waals surface area (Å²) in [6.07, 6.45) is 0. The maximum Gasteiger partial charge on any atom is 0.319 e. The fourth-order valence-electron chi connectivity index (χ4n) is 3.29. The Labute approximate surface area is 184 Å². The van der Waals surface area contributed by atoms with Gasteiger partial charge in [0.15, 0.2) is 5.82 Å². The zero-order chi connectivity index (χ0) is 22.5. The van der Waals surface area contributed by atoms with Crippen LogP contribution in [0.25, 0.3) is 22.0 Å². The van der Waals surface area contributed by atoms with Gasteiger partial charge in [0.2, 0.25) is 0 Å². The smallest absolute Gasteiger partial charge is 0.319 e. The van der Waals surface area contributed by atoms with Gasteiger partial charge in [0.1, 0.15) is 17.3 Å². The first-order valence-electron chi connectivity index (χ1n) is 10.1. The van der Waals surface area contributed by atoms with Gasteiger partial charge >= 0.3 is 6.03 Å². The molecule has 0 spiro atoms. The van der Waals surface area contributed by atoms with Crippen molar-refractivity contribution in [3.05, 3.63) is 78.6 Å². The van der Waals surface area contributed by atoms with E-state index in [1.54, 1.807) is 24.3 Å². The van der Waals surface area contributed by atoms with Crippen molar-refractivity contribution in [1.82, 2.24) is 15.5 Å². The molecular weight excluding hydrogens is 409 g/mol. The molecule has 0 bridgehead atoms. The van der Waals surface area contributed by atoms with Crippen LogP contribution in [0.5, 0.6) is 5.75 Å². The summed E-state index contributed by atoms with van der Waals surface area (Å²) in [5.74, 6) is 0.423. The van der Waals surface area contributed by atoms with Gasteiger partial charge in [-0.2, -0.15) is 0 Å². The van der Waals surface area contributed by atoms with E-state index in [4.69, 9.17) is 0 Å². The standard InChI is InChI=1S/C24H22FN5O2/c1-15(27-24(32)28-18-10-12-19(31)13-11-18)14-26-23-21-5-3-2-4-20(21)22(29-30-23)16-6-8-17(25)9-7-16/h2-13,15,31H,14H2,1H3,(H,26,30)(H2,27,28,32)/t15-/m0/s1. The van der Waals surface area contributed by atoms with Gasteiger partial charge < -0.3 is 21.1 Å². The molecular formula is C24H22FN5O2. The molecule has 3 aromatic carbocycles. The highest BCUT2D eigenvalue weighted by molar-refractivity contribution is 6.00. The first-order chi connectivity index (χ1) is 15.5. The number of urea groups is 1. The second kappa shape index (κ2) is 9.30. The first-order valence-corrected chi connectivity index (χ1v) is 10.1. The Morgan fingerprint density at radius 1 is 0.969 bits per heavy atom. The van der Waals surface area contributed by atoms with E-state index < -0.39 is 0 Å². The number of hydrogen-bond donors (Lipinski definition) is 4. The van der Waals surface area contributed by atoms with Crippen molar-refractivity contribution in [3.63, 3.8) is 0 Å². The van der Waals surface area contributed by atoms with Crippen LogP contribution in [-0.4, -0.2) is 33.9 Å². The minimum absolute atomic E-state index is 0.132. The molecule has 0 aliphatic heterocycles. The van der Waals surface area contributed by atoms with E-state index in [9.17, 15) is 14.3 Å². The summed E-state index contributed by atoms with van der Waals surface area (Å²) < 4.78 is 13.3. The number of hydrogen-bond acceptors (Lipinski definition) is 5. The fraction of sp³-hybridized carbons (Fsp3) is 0.125. The summed E-state index contributed by atoms with van der Waals surface area (Å²) in [5.41, 5.74) is 2.03. The summed E-state index contributed by atoms with van der Waals surface area (Å²) in [6.45, 7) is 2.30. The molecule has 0 aliphatic rings. The number of fused-ring (bicyclic) bond motifs is 1. The first kappa shape index (κ1) is 21.0. The Morgan fingerprint density at radius 2 is 1.66 bits per heavy atom. The molecule has 0 saturated heterocycles. The Bertz CT molecular complexity index is 1230. The molecule has 7 nitrogen and oxygen atoms in total. The molecule has 0 unspecified atom stereocenters. The van der Waals surface area contributed by atoms with E-state index in [2.05, 4.69) is 26.1 Å². The van der Waals surface area contributed by atoms with Gasteiger partial charge in [-0.15, -0.1) is 10.2 Å². The predicted octanol–water partition coefficient (Wildman–Crippen LogP) is 4.76. The molecule has 0 fully saturated rings. The van der Waals surface area contributed by atoms with Crippen molar-refractivity contribution >= 4 is 28.3 Å². The molecule has 2 amide bonds. The third-order valence-corrected chi connectivity index (χ3v) is 4.88. The van der Waals surface area contributed by atoms with Crippen molar-refractivity contribution in [2.75, 3.05) is 17.2 Å². The van der Waals surface area contributed by atoms with Crippen molar-refractivity contribution in [1.29, 1.82) is 0 Å². The van der Waals surface area contributed by atoms with Crippen LogP contribution in [0, 0.1) is 5.82 Å². The number of anilines is 2. The number of aromatic nitrogens is 2. The summed E-state index contributed by atoms with van der Waals surface area (Å²) in [7, 11) is 0. The molecule has 0 aliphatic carbocycles. The maximum absolute atomic E-state index is 13.3. The topological polar surface area (TPSA) is 99.2 Å². The molecule has 1 heterocycles. The van der Waals surface area contributed by atoms with E-state index >= 15 is 0 Å². The van der Waals surface area contributed by atoms with Crippen molar-refractivity contribution < 1.29 is 14.3 Å². The third kappa shape index (κ3) is 4.92. The summed E-state index contributed by atoms with van der Waals surface area (Å²) in [5, 5.41) is 28.6. The quantitative estimate of drug-likeness (QED) is 0.330. The second-order valence-corrected chi connectivity index (χ2v) is 7.38. The summed E-state index contributed by atoms with van der Waals surface area (Å²) in [6, 6.07) is 19.5. The third-order valence-electron chi connectivity index (χ3n) is 4.88. The number of halogens is 1. The Morgan fingerprint density at radius 3 is 2.38 bits per heavy atom. The van der Waals surface area contributed by atoms with Crippen LogP contribution < -0.4 is 16.0 Å². The zero-order valence-corrected chi connectivity index (χ0v) is 17.3. The van der Waals surface area contributed by atoms with E-state index in [-0.39, 0.29) is 23.6 Å². The molecule has 1 aromatic heterocycles. The van der Waals surface area contributed by atoms with Gasteiger partial charge in [-0.25, -0.2) is 9.18 Å². The van der Waals surface area contributed by atoms with Crippen LogP contribution >= 0.6 is 0 Å². The second-order valence-electron chi connectivity index (χ2n) is 7.38. The molecule has 1 atom stereocenters. The van der Waals surface area contributed by atoms with Crippen LogP contribution in [0.1, 0.15) is 6.92 Å².